The number of carbonyl (C=O) groups is 1. The Morgan fingerprint density at radius 3 is 2.57 bits per heavy atom. The fourth-order valence-corrected chi connectivity index (χ4v) is 2.62. The van der Waals surface area contributed by atoms with Gasteiger partial charge in [0, 0.05) is 17.7 Å². The fourth-order valence-electron chi connectivity index (χ4n) is 2.62. The molecule has 1 heterocycles. The molecule has 0 atom stereocenters. The third-order valence-corrected chi connectivity index (χ3v) is 3.67. The van der Waals surface area contributed by atoms with Gasteiger partial charge in [0.2, 0.25) is 5.78 Å². The summed E-state index contributed by atoms with van der Waals surface area (Å²) in [6, 6.07) is 8.43. The van der Waals surface area contributed by atoms with Gasteiger partial charge in [0.05, 0.1) is 5.56 Å². The zero-order valence-electron chi connectivity index (χ0n) is 11.8. The van der Waals surface area contributed by atoms with Gasteiger partial charge < -0.3 is 0 Å². The van der Waals surface area contributed by atoms with Gasteiger partial charge in [-0.05, 0) is 36.2 Å². The second-order valence-corrected chi connectivity index (χ2v) is 5.15. The predicted octanol–water partition coefficient (Wildman–Crippen LogP) is 4.07. The topological polar surface area (TPSA) is 29.4 Å². The first-order valence-corrected chi connectivity index (χ1v) is 6.92. The summed E-state index contributed by atoms with van der Waals surface area (Å²) in [7, 11) is 0. The molecule has 0 N–H and O–H groups in total. The van der Waals surface area contributed by atoms with Gasteiger partial charge in [-0.15, -0.1) is 0 Å². The summed E-state index contributed by atoms with van der Waals surface area (Å²) in [5, 5.41) is 0. The molecule has 0 aromatic heterocycles. The van der Waals surface area contributed by atoms with Crippen LogP contribution in [-0.4, -0.2) is 18.0 Å². The smallest absolute Gasteiger partial charge is 0.287 e. The van der Waals surface area contributed by atoms with Crippen LogP contribution >= 0.6 is 0 Å². The molecule has 0 radical (unpaired) electrons. The van der Waals surface area contributed by atoms with Crippen LogP contribution in [0.2, 0.25) is 0 Å². The highest BCUT2D eigenvalue weighted by Crippen LogP contribution is 2.33. The second-order valence-electron chi connectivity index (χ2n) is 5.15. The Balaban J connectivity index is 2.08. The van der Waals surface area contributed by atoms with E-state index >= 15 is 0 Å². The van der Waals surface area contributed by atoms with Crippen LogP contribution in [0.15, 0.2) is 47.5 Å². The summed E-state index contributed by atoms with van der Waals surface area (Å²) in [5.41, 5.74) is -0.534. The third-order valence-electron chi connectivity index (χ3n) is 3.67. The molecule has 2 nitrogen and oxygen atoms in total. The summed E-state index contributed by atoms with van der Waals surface area (Å²) in [4.78, 5) is 16.7. The van der Waals surface area contributed by atoms with Crippen molar-refractivity contribution < 1.29 is 22.4 Å². The average Bonchev–Trinajstić information content (AvgIpc) is 2.52. The van der Waals surface area contributed by atoms with E-state index in [0.717, 1.165) is 12.1 Å². The van der Waals surface area contributed by atoms with E-state index in [1.165, 1.54) is 30.3 Å². The molecule has 0 bridgehead atoms. The minimum atomic E-state index is -4.63. The summed E-state index contributed by atoms with van der Waals surface area (Å²) < 4.78 is 52.5. The van der Waals surface area contributed by atoms with E-state index in [4.69, 9.17) is 0 Å². The van der Waals surface area contributed by atoms with Gasteiger partial charge >= 0.3 is 6.18 Å². The normalized spacial score (nSPS) is 14.2. The molecule has 0 spiro atoms. The summed E-state index contributed by atoms with van der Waals surface area (Å²) in [6.45, 7) is 0.242. The molecule has 0 saturated heterocycles. The summed E-state index contributed by atoms with van der Waals surface area (Å²) in [5.74, 6) is -1.25. The van der Waals surface area contributed by atoms with E-state index in [0.29, 0.717) is 17.5 Å². The number of rotatable bonds is 2. The SMILES string of the molecule is O=C(C1=NCCc2cc(F)ccc21)c1ccccc1C(F)(F)F. The van der Waals surface area contributed by atoms with Crippen LogP contribution < -0.4 is 0 Å². The van der Waals surface area contributed by atoms with Crippen LogP contribution in [0.5, 0.6) is 0 Å². The molecule has 2 aromatic rings. The number of halogens is 4. The third kappa shape index (κ3) is 2.88. The van der Waals surface area contributed by atoms with Crippen LogP contribution in [0, 0.1) is 5.82 Å². The molecular formula is C17H11F4NO. The van der Waals surface area contributed by atoms with Crippen LogP contribution in [0.1, 0.15) is 27.0 Å². The lowest BCUT2D eigenvalue weighted by molar-refractivity contribution is -0.137. The fraction of sp³-hybridized carbons (Fsp3) is 0.176. The van der Waals surface area contributed by atoms with E-state index in [-0.39, 0.29) is 12.3 Å². The second kappa shape index (κ2) is 5.61. The number of hydrogen-bond donors (Lipinski definition) is 0. The Morgan fingerprint density at radius 1 is 1.09 bits per heavy atom. The number of nitrogens with zero attached hydrogens (tertiary/aromatic N) is 1. The van der Waals surface area contributed by atoms with Gasteiger partial charge in [-0.3, -0.25) is 9.79 Å². The Hall–Kier alpha value is -2.50. The van der Waals surface area contributed by atoms with Crippen molar-refractivity contribution in [3.05, 3.63) is 70.5 Å². The first-order valence-electron chi connectivity index (χ1n) is 6.92. The van der Waals surface area contributed by atoms with Crippen molar-refractivity contribution in [1.29, 1.82) is 0 Å². The number of aliphatic imine (C=N–C) groups is 1. The quantitative estimate of drug-likeness (QED) is 0.605. The van der Waals surface area contributed by atoms with E-state index in [9.17, 15) is 22.4 Å². The molecule has 1 aliphatic heterocycles. The Labute approximate surface area is 129 Å². The van der Waals surface area contributed by atoms with Crippen molar-refractivity contribution in [3.63, 3.8) is 0 Å². The number of Topliss-reactive ketones (excluding diaryl/α,β-unsaturated/α-hetero) is 1. The molecule has 23 heavy (non-hydrogen) atoms. The average molecular weight is 321 g/mol. The minimum absolute atomic E-state index is 0.0528. The van der Waals surface area contributed by atoms with Crippen LogP contribution in [-0.2, 0) is 12.6 Å². The molecule has 118 valence electrons. The Bertz CT molecular complexity index is 808. The number of benzene rings is 2. The van der Waals surface area contributed by atoms with Gasteiger partial charge in [-0.1, -0.05) is 18.2 Å². The maximum absolute atomic E-state index is 13.3. The van der Waals surface area contributed by atoms with Crippen LogP contribution in [0.25, 0.3) is 0 Å². The molecular weight excluding hydrogens is 310 g/mol. The molecule has 1 aliphatic rings. The van der Waals surface area contributed by atoms with E-state index in [1.807, 2.05) is 0 Å². The zero-order valence-corrected chi connectivity index (χ0v) is 11.8. The molecule has 0 unspecified atom stereocenters. The molecule has 0 aliphatic carbocycles. The molecule has 0 fully saturated rings. The monoisotopic (exact) mass is 321 g/mol. The minimum Gasteiger partial charge on any atom is -0.287 e. The number of carbonyl (C=O) groups excluding carboxylic acids is 1. The zero-order chi connectivity index (χ0) is 16.6. The van der Waals surface area contributed by atoms with Crippen molar-refractivity contribution in [2.75, 3.05) is 6.54 Å². The molecule has 6 heteroatoms. The first kappa shape index (κ1) is 15.4. The van der Waals surface area contributed by atoms with E-state index < -0.39 is 28.9 Å². The first-order chi connectivity index (χ1) is 10.9. The highest BCUT2D eigenvalue weighted by atomic mass is 19.4. The number of fused-ring (bicyclic) bond motifs is 1. The summed E-state index contributed by atoms with van der Waals surface area (Å²) in [6.07, 6.45) is -4.18. The van der Waals surface area contributed by atoms with Gasteiger partial charge in [0.15, 0.2) is 0 Å². The highest BCUT2D eigenvalue weighted by Gasteiger charge is 2.36. The van der Waals surface area contributed by atoms with Crippen molar-refractivity contribution in [2.45, 2.75) is 12.6 Å². The van der Waals surface area contributed by atoms with Gasteiger partial charge in [0.1, 0.15) is 11.5 Å². The molecule has 2 aromatic carbocycles. The molecule has 3 rings (SSSR count). The Morgan fingerprint density at radius 2 is 1.83 bits per heavy atom. The van der Waals surface area contributed by atoms with Gasteiger partial charge in [0.25, 0.3) is 0 Å². The van der Waals surface area contributed by atoms with Crippen molar-refractivity contribution >= 4 is 11.5 Å². The summed E-state index contributed by atoms with van der Waals surface area (Å²) >= 11 is 0. The lowest BCUT2D eigenvalue weighted by Crippen LogP contribution is -2.24. The maximum atomic E-state index is 13.3. The van der Waals surface area contributed by atoms with Crippen molar-refractivity contribution in [1.82, 2.24) is 0 Å². The lowest BCUT2D eigenvalue weighted by atomic mass is 9.91. The lowest BCUT2D eigenvalue weighted by Gasteiger charge is -2.18. The van der Waals surface area contributed by atoms with Crippen LogP contribution in [0.4, 0.5) is 17.6 Å². The number of ketones is 1. The predicted molar refractivity (Wildman–Crippen MR) is 77.3 cm³/mol. The maximum Gasteiger partial charge on any atom is 0.417 e. The number of alkyl halides is 3. The molecule has 0 saturated carbocycles. The van der Waals surface area contributed by atoms with Gasteiger partial charge in [-0.25, -0.2) is 4.39 Å². The standard InChI is InChI=1S/C17H11F4NO/c18-11-5-6-12-10(9-11)7-8-22-15(12)16(23)13-3-1-2-4-14(13)17(19,20)21/h1-6,9H,7-8H2. The van der Waals surface area contributed by atoms with Gasteiger partial charge in [-0.2, -0.15) is 13.2 Å². The number of hydrogen-bond acceptors (Lipinski definition) is 2. The highest BCUT2D eigenvalue weighted by molar-refractivity contribution is 6.52. The van der Waals surface area contributed by atoms with Crippen molar-refractivity contribution in [3.8, 4) is 0 Å². The van der Waals surface area contributed by atoms with Crippen molar-refractivity contribution in [2.24, 2.45) is 4.99 Å². The van der Waals surface area contributed by atoms with E-state index in [1.54, 1.807) is 0 Å². The Kier molecular flexibility index (Phi) is 3.75. The van der Waals surface area contributed by atoms with E-state index in [2.05, 4.69) is 4.99 Å². The largest absolute Gasteiger partial charge is 0.417 e. The van der Waals surface area contributed by atoms with Crippen LogP contribution in [0.3, 0.4) is 0 Å². The molecule has 0 amide bonds.